The van der Waals surface area contributed by atoms with Gasteiger partial charge in [-0.05, 0) is 36.4 Å². The van der Waals surface area contributed by atoms with E-state index in [-0.39, 0.29) is 0 Å². The van der Waals surface area contributed by atoms with Crippen molar-refractivity contribution >= 4 is 17.5 Å². The number of rotatable bonds is 4. The van der Waals surface area contributed by atoms with Gasteiger partial charge in [0.05, 0.1) is 6.20 Å². The van der Waals surface area contributed by atoms with E-state index >= 15 is 0 Å². The number of hydrogen-bond donors (Lipinski definition) is 2. The highest BCUT2D eigenvalue weighted by atomic mass is 19.4. The Balaban J connectivity index is 0.000000321. The normalized spacial score (nSPS) is 10.3. The van der Waals surface area contributed by atoms with Crippen LogP contribution < -0.4 is 10.1 Å². The number of carboxylic acids is 1. The summed E-state index contributed by atoms with van der Waals surface area (Å²) in [6.45, 7) is 0. The summed E-state index contributed by atoms with van der Waals surface area (Å²) in [5.41, 5.74) is 0.940. The van der Waals surface area contributed by atoms with E-state index in [1.54, 1.807) is 24.8 Å². The molecule has 3 aromatic rings. The number of anilines is 2. The molecule has 140 valence electrons. The van der Waals surface area contributed by atoms with Gasteiger partial charge in [-0.15, -0.1) is 0 Å². The predicted octanol–water partition coefficient (Wildman–Crippen LogP) is 4.04. The van der Waals surface area contributed by atoms with Gasteiger partial charge in [0.15, 0.2) is 0 Å². The lowest BCUT2D eigenvalue weighted by atomic mass is 10.3. The third-order valence-corrected chi connectivity index (χ3v) is 2.80. The molecule has 0 aliphatic rings. The molecule has 27 heavy (non-hydrogen) atoms. The highest BCUT2D eigenvalue weighted by Gasteiger charge is 2.38. The van der Waals surface area contributed by atoms with Gasteiger partial charge in [-0.1, -0.05) is 6.07 Å². The molecule has 0 unspecified atom stereocenters. The largest absolute Gasteiger partial charge is 0.490 e. The van der Waals surface area contributed by atoms with E-state index in [4.69, 9.17) is 14.6 Å². The van der Waals surface area contributed by atoms with Crippen LogP contribution in [0.5, 0.6) is 11.6 Å². The molecule has 2 N–H and O–H groups in total. The Bertz CT molecular complexity index is 784. The molecule has 0 radical (unpaired) electrons. The van der Waals surface area contributed by atoms with E-state index < -0.39 is 12.1 Å². The lowest BCUT2D eigenvalue weighted by molar-refractivity contribution is -0.192. The topological polar surface area (TPSA) is 97.2 Å². The zero-order chi connectivity index (χ0) is 19.7. The molecular weight excluding hydrogens is 365 g/mol. The summed E-state index contributed by atoms with van der Waals surface area (Å²) >= 11 is 0. The predicted molar refractivity (Wildman–Crippen MR) is 89.8 cm³/mol. The van der Waals surface area contributed by atoms with Crippen molar-refractivity contribution in [2.24, 2.45) is 0 Å². The maximum atomic E-state index is 10.6. The van der Waals surface area contributed by atoms with Crippen LogP contribution >= 0.6 is 0 Å². The van der Waals surface area contributed by atoms with Crippen LogP contribution in [0.15, 0.2) is 67.3 Å². The van der Waals surface area contributed by atoms with Gasteiger partial charge in [0, 0.05) is 24.3 Å². The van der Waals surface area contributed by atoms with E-state index in [1.165, 1.54) is 0 Å². The van der Waals surface area contributed by atoms with Crippen LogP contribution in [0.4, 0.5) is 24.7 Å². The van der Waals surface area contributed by atoms with E-state index in [0.717, 1.165) is 11.5 Å². The van der Waals surface area contributed by atoms with Gasteiger partial charge in [-0.3, -0.25) is 4.98 Å². The van der Waals surface area contributed by atoms with Gasteiger partial charge in [0.1, 0.15) is 11.6 Å². The minimum absolute atomic E-state index is 0.470. The van der Waals surface area contributed by atoms with Gasteiger partial charge in [-0.2, -0.15) is 13.2 Å². The Labute approximate surface area is 151 Å². The summed E-state index contributed by atoms with van der Waals surface area (Å²) in [5, 5.41) is 10.3. The fourth-order valence-corrected chi connectivity index (χ4v) is 1.65. The fourth-order valence-electron chi connectivity index (χ4n) is 1.65. The smallest absolute Gasteiger partial charge is 0.475 e. The molecule has 1 aromatic carbocycles. The molecule has 10 heteroatoms. The summed E-state index contributed by atoms with van der Waals surface area (Å²) in [6.07, 6.45) is 1.42. The number of carbonyl (C=O) groups is 1. The summed E-state index contributed by atoms with van der Waals surface area (Å²) < 4.78 is 37.3. The first-order valence-electron chi connectivity index (χ1n) is 7.36. The summed E-state index contributed by atoms with van der Waals surface area (Å²) in [4.78, 5) is 21.1. The number of nitrogens with one attached hydrogen (secondary N) is 1. The van der Waals surface area contributed by atoms with Crippen molar-refractivity contribution in [1.29, 1.82) is 0 Å². The molecule has 0 fully saturated rings. The van der Waals surface area contributed by atoms with E-state index in [0.29, 0.717) is 11.6 Å². The second-order valence-corrected chi connectivity index (χ2v) is 4.81. The standard InChI is InChI=1S/C15H12N4O.C2HF3O2/c1-2-8-17-14(3-1)19-12-4-6-13(7-5-12)20-15-11-16-9-10-18-15;3-2(4,5)1(6)7/h1-11H,(H,17,19);(H,6,7). The number of aromatic nitrogens is 3. The number of ether oxygens (including phenoxy) is 1. The van der Waals surface area contributed by atoms with Crippen molar-refractivity contribution in [3.05, 3.63) is 67.3 Å². The van der Waals surface area contributed by atoms with Crippen LogP contribution in [-0.2, 0) is 4.79 Å². The Morgan fingerprint density at radius 2 is 1.70 bits per heavy atom. The molecule has 3 rings (SSSR count). The van der Waals surface area contributed by atoms with Crippen molar-refractivity contribution in [1.82, 2.24) is 15.0 Å². The van der Waals surface area contributed by atoms with Crippen LogP contribution in [-0.4, -0.2) is 32.2 Å². The molecule has 0 spiro atoms. The number of hydrogen-bond acceptors (Lipinski definition) is 6. The molecule has 2 heterocycles. The maximum absolute atomic E-state index is 10.6. The molecule has 0 atom stereocenters. The molecule has 0 aliphatic carbocycles. The lowest BCUT2D eigenvalue weighted by Crippen LogP contribution is -2.21. The molecule has 2 aromatic heterocycles. The van der Waals surface area contributed by atoms with Crippen molar-refractivity contribution in [2.75, 3.05) is 5.32 Å². The first-order valence-corrected chi connectivity index (χ1v) is 7.36. The zero-order valence-electron chi connectivity index (χ0n) is 13.6. The number of halogens is 3. The molecule has 0 saturated carbocycles. The number of carboxylic acid groups (broad SMARTS) is 1. The van der Waals surface area contributed by atoms with Gasteiger partial charge < -0.3 is 15.2 Å². The molecular formula is C17H13F3N4O3. The molecule has 0 bridgehead atoms. The van der Waals surface area contributed by atoms with Crippen LogP contribution in [0.1, 0.15) is 0 Å². The number of nitrogens with zero attached hydrogens (tertiary/aromatic N) is 3. The van der Waals surface area contributed by atoms with Crippen molar-refractivity contribution in [2.45, 2.75) is 6.18 Å². The van der Waals surface area contributed by atoms with Crippen LogP contribution in [0.2, 0.25) is 0 Å². The zero-order valence-corrected chi connectivity index (χ0v) is 13.6. The Hall–Kier alpha value is -3.69. The highest BCUT2D eigenvalue weighted by Crippen LogP contribution is 2.22. The Morgan fingerprint density at radius 1 is 1.00 bits per heavy atom. The van der Waals surface area contributed by atoms with Crippen molar-refractivity contribution < 1.29 is 27.8 Å². The SMILES string of the molecule is O=C(O)C(F)(F)F.c1ccc(Nc2ccc(Oc3cnccn3)cc2)nc1. The van der Waals surface area contributed by atoms with E-state index in [2.05, 4.69) is 20.3 Å². The maximum Gasteiger partial charge on any atom is 0.490 e. The van der Waals surface area contributed by atoms with Crippen LogP contribution in [0.25, 0.3) is 0 Å². The summed E-state index contributed by atoms with van der Waals surface area (Å²) in [7, 11) is 0. The van der Waals surface area contributed by atoms with Crippen molar-refractivity contribution in [3.63, 3.8) is 0 Å². The fraction of sp³-hybridized carbons (Fsp3) is 0.0588. The highest BCUT2D eigenvalue weighted by molar-refractivity contribution is 5.73. The van der Waals surface area contributed by atoms with E-state index in [1.807, 2.05) is 42.5 Å². The monoisotopic (exact) mass is 378 g/mol. The van der Waals surface area contributed by atoms with Crippen molar-refractivity contribution in [3.8, 4) is 11.6 Å². The molecule has 7 nitrogen and oxygen atoms in total. The quantitative estimate of drug-likeness (QED) is 0.707. The number of pyridine rings is 1. The first kappa shape index (κ1) is 19.6. The third-order valence-electron chi connectivity index (χ3n) is 2.80. The van der Waals surface area contributed by atoms with Gasteiger partial charge in [0.25, 0.3) is 0 Å². The Kier molecular flexibility index (Phi) is 6.64. The van der Waals surface area contributed by atoms with Crippen LogP contribution in [0.3, 0.4) is 0 Å². The molecule has 0 aliphatic heterocycles. The minimum atomic E-state index is -5.08. The summed E-state index contributed by atoms with van der Waals surface area (Å²) in [6, 6.07) is 13.3. The van der Waals surface area contributed by atoms with Gasteiger partial charge >= 0.3 is 12.1 Å². The number of aliphatic carboxylic acids is 1. The molecule has 0 saturated heterocycles. The average molecular weight is 378 g/mol. The van der Waals surface area contributed by atoms with Crippen LogP contribution in [0, 0.1) is 0 Å². The summed E-state index contributed by atoms with van der Waals surface area (Å²) in [5.74, 6) is -0.780. The van der Waals surface area contributed by atoms with Gasteiger partial charge in [-0.25, -0.2) is 14.8 Å². The average Bonchev–Trinajstić information content (AvgIpc) is 2.65. The Morgan fingerprint density at radius 3 is 2.22 bits per heavy atom. The first-order chi connectivity index (χ1) is 12.8. The molecule has 0 amide bonds. The number of benzene rings is 1. The minimum Gasteiger partial charge on any atom is -0.475 e. The second kappa shape index (κ2) is 9.13. The van der Waals surface area contributed by atoms with Gasteiger partial charge in [0.2, 0.25) is 5.88 Å². The lowest BCUT2D eigenvalue weighted by Gasteiger charge is -2.07. The van der Waals surface area contributed by atoms with E-state index in [9.17, 15) is 13.2 Å². The number of alkyl halides is 3. The third kappa shape index (κ3) is 6.98. The second-order valence-electron chi connectivity index (χ2n) is 4.81.